The topological polar surface area (TPSA) is 89.8 Å². The number of ether oxygens (including phenoxy) is 2. The molecule has 0 bridgehead atoms. The zero-order valence-corrected chi connectivity index (χ0v) is 18.6. The average Bonchev–Trinajstić information content (AvgIpc) is 3.41. The van der Waals surface area contributed by atoms with Gasteiger partial charge in [0.25, 0.3) is 11.8 Å². The van der Waals surface area contributed by atoms with E-state index in [1.54, 1.807) is 36.4 Å². The smallest absolute Gasteiger partial charge is 0.291 e. The molecule has 1 aromatic carbocycles. The summed E-state index contributed by atoms with van der Waals surface area (Å²) in [5.74, 6) is 0.844. The van der Waals surface area contributed by atoms with Gasteiger partial charge in [0, 0.05) is 11.8 Å². The Hall–Kier alpha value is -3.26. The van der Waals surface area contributed by atoms with Gasteiger partial charge in [0.1, 0.15) is 0 Å². The maximum absolute atomic E-state index is 12.8. The van der Waals surface area contributed by atoms with Crippen LogP contribution in [0.15, 0.2) is 47.1 Å². The van der Waals surface area contributed by atoms with Gasteiger partial charge in [0.2, 0.25) is 0 Å². The normalized spacial score (nSPS) is 10.5. The minimum Gasteiger partial charge on any atom is -0.490 e. The van der Waals surface area contributed by atoms with Crippen molar-refractivity contribution in [1.82, 2.24) is 0 Å². The third-order valence-electron chi connectivity index (χ3n) is 4.23. The molecule has 0 aliphatic heterocycles. The van der Waals surface area contributed by atoms with Gasteiger partial charge in [-0.25, -0.2) is 0 Å². The van der Waals surface area contributed by atoms with Crippen LogP contribution in [-0.4, -0.2) is 25.0 Å². The number of hydrogen-bond donors (Lipinski definition) is 2. The summed E-state index contributed by atoms with van der Waals surface area (Å²) in [4.78, 5) is 25.5. The number of amides is 2. The van der Waals surface area contributed by atoms with Gasteiger partial charge in [-0.1, -0.05) is 13.8 Å². The second kappa shape index (κ2) is 10.7. The van der Waals surface area contributed by atoms with Crippen molar-refractivity contribution in [3.05, 3.63) is 58.9 Å². The average molecular weight is 443 g/mol. The molecule has 0 unspecified atom stereocenters. The van der Waals surface area contributed by atoms with E-state index in [-0.39, 0.29) is 17.6 Å². The Morgan fingerprint density at radius 2 is 1.71 bits per heavy atom. The van der Waals surface area contributed by atoms with E-state index >= 15 is 0 Å². The van der Waals surface area contributed by atoms with E-state index in [1.165, 1.54) is 17.6 Å². The first-order valence-electron chi connectivity index (χ1n) is 10.2. The van der Waals surface area contributed by atoms with Crippen molar-refractivity contribution < 1.29 is 23.5 Å². The van der Waals surface area contributed by atoms with Crippen molar-refractivity contribution in [2.45, 2.75) is 33.6 Å². The first kappa shape index (κ1) is 22.4. The second-order valence-corrected chi connectivity index (χ2v) is 7.92. The zero-order chi connectivity index (χ0) is 22.2. The maximum atomic E-state index is 12.8. The minimum absolute atomic E-state index is 0.210. The second-order valence-electron chi connectivity index (χ2n) is 6.87. The summed E-state index contributed by atoms with van der Waals surface area (Å²) in [6.45, 7) is 7.04. The molecule has 2 amide bonds. The molecule has 8 heteroatoms. The number of carbonyl (C=O) groups is 2. The number of carbonyl (C=O) groups excluding carboxylic acids is 2. The highest BCUT2D eigenvalue weighted by Gasteiger charge is 2.17. The van der Waals surface area contributed by atoms with Gasteiger partial charge in [0.05, 0.1) is 29.4 Å². The Kier molecular flexibility index (Phi) is 7.72. The van der Waals surface area contributed by atoms with Gasteiger partial charge in [-0.2, -0.15) is 0 Å². The number of aryl methyl sites for hydroxylation is 1. The molecule has 3 rings (SSSR count). The molecule has 2 N–H and O–H groups in total. The monoisotopic (exact) mass is 442 g/mol. The summed E-state index contributed by atoms with van der Waals surface area (Å²) in [7, 11) is 0. The van der Waals surface area contributed by atoms with Crippen LogP contribution in [0.4, 0.5) is 10.7 Å². The standard InChI is InChI=1S/C23H26N2O5S/c1-4-10-28-17-9-8-16(14-19(17)29-11-5-2)24-23(27)21-15(3)13-20(31-21)25-22(26)18-7-6-12-30-18/h6-9,12-14H,4-5,10-11H2,1-3H3,(H,24,27)(H,25,26). The quantitative estimate of drug-likeness (QED) is 0.418. The lowest BCUT2D eigenvalue weighted by Crippen LogP contribution is -2.12. The number of benzene rings is 1. The summed E-state index contributed by atoms with van der Waals surface area (Å²) in [5, 5.41) is 6.22. The van der Waals surface area contributed by atoms with E-state index in [0.29, 0.717) is 40.3 Å². The Morgan fingerprint density at radius 1 is 0.968 bits per heavy atom. The molecule has 0 atom stereocenters. The number of anilines is 2. The van der Waals surface area contributed by atoms with Crippen molar-refractivity contribution >= 4 is 33.8 Å². The van der Waals surface area contributed by atoms with Crippen LogP contribution in [-0.2, 0) is 0 Å². The van der Waals surface area contributed by atoms with Crippen LogP contribution in [0.5, 0.6) is 11.5 Å². The molecule has 0 aliphatic carbocycles. The molecule has 0 radical (unpaired) electrons. The van der Waals surface area contributed by atoms with Crippen LogP contribution in [0.25, 0.3) is 0 Å². The predicted molar refractivity (Wildman–Crippen MR) is 122 cm³/mol. The molecule has 0 aliphatic rings. The predicted octanol–water partition coefficient (Wildman–Crippen LogP) is 5.73. The number of hydrogen-bond acceptors (Lipinski definition) is 6. The summed E-state index contributed by atoms with van der Waals surface area (Å²) < 4.78 is 16.6. The first-order chi connectivity index (χ1) is 15.0. The van der Waals surface area contributed by atoms with E-state index in [1.807, 2.05) is 20.8 Å². The molecule has 2 aromatic heterocycles. The molecule has 3 aromatic rings. The molecular formula is C23H26N2O5S. The van der Waals surface area contributed by atoms with E-state index in [0.717, 1.165) is 18.4 Å². The zero-order valence-electron chi connectivity index (χ0n) is 17.8. The molecule has 0 saturated heterocycles. The first-order valence-corrected chi connectivity index (χ1v) is 11.0. The third kappa shape index (κ3) is 5.88. The third-order valence-corrected chi connectivity index (χ3v) is 5.38. The molecular weight excluding hydrogens is 416 g/mol. The summed E-state index contributed by atoms with van der Waals surface area (Å²) in [6, 6.07) is 10.3. The summed E-state index contributed by atoms with van der Waals surface area (Å²) in [6.07, 6.45) is 3.19. The van der Waals surface area contributed by atoms with E-state index in [9.17, 15) is 9.59 Å². The Bertz CT molecular complexity index is 1030. The fourth-order valence-electron chi connectivity index (χ4n) is 2.78. The van der Waals surface area contributed by atoms with Crippen LogP contribution >= 0.6 is 11.3 Å². The van der Waals surface area contributed by atoms with Crippen molar-refractivity contribution in [3.8, 4) is 11.5 Å². The Balaban J connectivity index is 1.72. The van der Waals surface area contributed by atoms with Crippen LogP contribution in [0, 0.1) is 6.92 Å². The molecule has 0 saturated carbocycles. The molecule has 0 fully saturated rings. The number of nitrogens with one attached hydrogen (secondary N) is 2. The van der Waals surface area contributed by atoms with Crippen LogP contribution in [0.3, 0.4) is 0 Å². The van der Waals surface area contributed by atoms with E-state index in [2.05, 4.69) is 10.6 Å². The van der Waals surface area contributed by atoms with Crippen molar-refractivity contribution in [2.24, 2.45) is 0 Å². The van der Waals surface area contributed by atoms with E-state index < -0.39 is 0 Å². The number of rotatable bonds is 10. The van der Waals surface area contributed by atoms with Gasteiger partial charge >= 0.3 is 0 Å². The number of furan rings is 1. The highest BCUT2D eigenvalue weighted by Crippen LogP contribution is 2.32. The van der Waals surface area contributed by atoms with Crippen LogP contribution < -0.4 is 20.1 Å². The summed E-state index contributed by atoms with van der Waals surface area (Å²) in [5.41, 5.74) is 1.37. The lowest BCUT2D eigenvalue weighted by Gasteiger charge is -2.14. The fourth-order valence-corrected chi connectivity index (χ4v) is 3.74. The van der Waals surface area contributed by atoms with Gasteiger partial charge in [-0.05, 0) is 55.7 Å². The van der Waals surface area contributed by atoms with Crippen LogP contribution in [0.1, 0.15) is 52.5 Å². The van der Waals surface area contributed by atoms with Crippen molar-refractivity contribution in [3.63, 3.8) is 0 Å². The molecule has 2 heterocycles. The van der Waals surface area contributed by atoms with Crippen LogP contribution in [0.2, 0.25) is 0 Å². The lowest BCUT2D eigenvalue weighted by atomic mass is 10.2. The summed E-state index contributed by atoms with van der Waals surface area (Å²) >= 11 is 1.20. The Labute approximate surface area is 185 Å². The number of thiophene rings is 1. The van der Waals surface area contributed by atoms with Gasteiger partial charge in [0.15, 0.2) is 17.3 Å². The fraction of sp³-hybridized carbons (Fsp3) is 0.304. The van der Waals surface area contributed by atoms with Gasteiger partial charge < -0.3 is 24.5 Å². The van der Waals surface area contributed by atoms with Crippen molar-refractivity contribution in [2.75, 3.05) is 23.8 Å². The molecule has 0 spiro atoms. The molecule has 164 valence electrons. The minimum atomic E-state index is -0.362. The Morgan fingerprint density at radius 3 is 2.39 bits per heavy atom. The molecule has 31 heavy (non-hydrogen) atoms. The van der Waals surface area contributed by atoms with Gasteiger partial charge in [-0.3, -0.25) is 9.59 Å². The highest BCUT2D eigenvalue weighted by atomic mass is 32.1. The lowest BCUT2D eigenvalue weighted by molar-refractivity contribution is 0.0995. The SMILES string of the molecule is CCCOc1ccc(NC(=O)c2sc(NC(=O)c3ccco3)cc2C)cc1OCCC. The van der Waals surface area contributed by atoms with Crippen molar-refractivity contribution in [1.29, 1.82) is 0 Å². The van der Waals surface area contributed by atoms with E-state index in [4.69, 9.17) is 13.9 Å². The highest BCUT2D eigenvalue weighted by molar-refractivity contribution is 7.18. The molecule has 7 nitrogen and oxygen atoms in total. The largest absolute Gasteiger partial charge is 0.490 e. The van der Waals surface area contributed by atoms with Gasteiger partial charge in [-0.15, -0.1) is 11.3 Å². The maximum Gasteiger partial charge on any atom is 0.291 e.